The molecule has 0 atom stereocenters. The zero-order chi connectivity index (χ0) is 6.99. The van der Waals surface area contributed by atoms with Crippen LogP contribution in [-0.4, -0.2) is 32.1 Å². The van der Waals surface area contributed by atoms with Gasteiger partial charge < -0.3 is 10.6 Å². The van der Waals surface area contributed by atoms with Crippen molar-refractivity contribution in [3.8, 4) is 0 Å². The van der Waals surface area contributed by atoms with Crippen molar-refractivity contribution in [2.75, 3.05) is 27.2 Å². The smallest absolute Gasteiger partial charge is 0.00985 e. The van der Waals surface area contributed by atoms with Gasteiger partial charge in [-0.1, -0.05) is 0 Å². The van der Waals surface area contributed by atoms with Gasteiger partial charge >= 0.3 is 0 Å². The van der Waals surface area contributed by atoms with E-state index >= 15 is 0 Å². The van der Waals surface area contributed by atoms with E-state index in [0.29, 0.717) is 0 Å². The molecule has 0 aliphatic carbocycles. The Hall–Kier alpha value is -0.340. The summed E-state index contributed by atoms with van der Waals surface area (Å²) in [5.41, 5.74) is 5.19. The maximum Gasteiger partial charge on any atom is 0.00985 e. The first kappa shape index (κ1) is 10.6. The largest absolute Gasteiger partial charge is 0.329 e. The molecule has 0 heterocycles. The van der Waals surface area contributed by atoms with Crippen LogP contribution in [0.3, 0.4) is 0 Å². The number of nitrogens with two attached hydrogens (primary N) is 1. The Kier molecular flexibility index (Phi) is 13.0. The molecule has 2 nitrogen and oxygen atoms in total. The van der Waals surface area contributed by atoms with Gasteiger partial charge in [-0.05, 0) is 14.1 Å². The molecule has 0 bridgehead atoms. The summed E-state index contributed by atoms with van der Waals surface area (Å²) in [6.07, 6.45) is 0. The maximum atomic E-state index is 5.19. The van der Waals surface area contributed by atoms with Gasteiger partial charge in [-0.15, -0.1) is 13.2 Å². The van der Waals surface area contributed by atoms with Gasteiger partial charge in [0.05, 0.1) is 0 Å². The van der Waals surface area contributed by atoms with Crippen molar-refractivity contribution in [2.45, 2.75) is 0 Å². The van der Waals surface area contributed by atoms with Crippen molar-refractivity contribution in [1.29, 1.82) is 0 Å². The third-order valence-corrected chi connectivity index (χ3v) is 0.576. The highest BCUT2D eigenvalue weighted by atomic mass is 15.1. The monoisotopic (exact) mass is 116 g/mol. The van der Waals surface area contributed by atoms with Crippen LogP contribution in [0, 0.1) is 0 Å². The van der Waals surface area contributed by atoms with Gasteiger partial charge in [-0.3, -0.25) is 0 Å². The lowest BCUT2D eigenvalue weighted by molar-refractivity contribution is 0.420. The molecule has 0 radical (unpaired) electrons. The van der Waals surface area contributed by atoms with E-state index < -0.39 is 0 Å². The van der Waals surface area contributed by atoms with Crippen LogP contribution in [0.1, 0.15) is 0 Å². The molecule has 0 spiro atoms. The molecule has 0 aliphatic rings. The fraction of sp³-hybridized carbons (Fsp3) is 0.667. The molecule has 0 saturated heterocycles. The Morgan fingerprint density at radius 2 is 1.75 bits per heavy atom. The van der Waals surface area contributed by atoms with Crippen LogP contribution in [-0.2, 0) is 0 Å². The van der Waals surface area contributed by atoms with E-state index in [1.54, 1.807) is 0 Å². The summed E-state index contributed by atoms with van der Waals surface area (Å²) in [7, 11) is 4.01. The Balaban J connectivity index is 0. The summed E-state index contributed by atoms with van der Waals surface area (Å²) < 4.78 is 0. The number of hydrogen-bond acceptors (Lipinski definition) is 2. The fourth-order valence-electron chi connectivity index (χ4n) is 0.258. The average Bonchev–Trinajstić information content (AvgIpc) is 1.72. The fourth-order valence-corrected chi connectivity index (χ4v) is 0.258. The van der Waals surface area contributed by atoms with Gasteiger partial charge in [0.1, 0.15) is 0 Å². The highest BCUT2D eigenvalue weighted by Crippen LogP contribution is 1.64. The van der Waals surface area contributed by atoms with Crippen LogP contribution in [0.2, 0.25) is 0 Å². The predicted molar refractivity (Wildman–Crippen MR) is 38.9 cm³/mol. The molecule has 0 unspecified atom stereocenters. The molecule has 0 saturated carbocycles. The molecule has 0 rings (SSSR count). The minimum Gasteiger partial charge on any atom is -0.329 e. The minimum atomic E-state index is 0.757. The zero-order valence-electron chi connectivity index (χ0n) is 5.85. The van der Waals surface area contributed by atoms with E-state index in [2.05, 4.69) is 18.1 Å². The molecule has 0 aromatic heterocycles. The average molecular weight is 116 g/mol. The normalized spacial score (nSPS) is 8.00. The first-order valence-corrected chi connectivity index (χ1v) is 2.62. The Labute approximate surface area is 52.0 Å². The van der Waals surface area contributed by atoms with E-state index in [0.717, 1.165) is 13.1 Å². The molecule has 2 N–H and O–H groups in total. The SMILES string of the molecule is C=C.CN(C)CCN. The van der Waals surface area contributed by atoms with Crippen molar-refractivity contribution in [2.24, 2.45) is 5.73 Å². The topological polar surface area (TPSA) is 29.3 Å². The second kappa shape index (κ2) is 9.83. The quantitative estimate of drug-likeness (QED) is 0.526. The summed E-state index contributed by atoms with van der Waals surface area (Å²) in [5.74, 6) is 0. The lowest BCUT2D eigenvalue weighted by atomic mass is 10.6. The van der Waals surface area contributed by atoms with E-state index in [1.807, 2.05) is 14.1 Å². The second-order valence-corrected chi connectivity index (χ2v) is 1.59. The molecule has 8 heavy (non-hydrogen) atoms. The molecule has 0 fully saturated rings. The molecule has 0 aliphatic heterocycles. The third-order valence-electron chi connectivity index (χ3n) is 0.576. The van der Waals surface area contributed by atoms with Crippen LogP contribution in [0.15, 0.2) is 13.2 Å². The van der Waals surface area contributed by atoms with Gasteiger partial charge in [0.25, 0.3) is 0 Å². The summed E-state index contributed by atoms with van der Waals surface area (Å²) in [4.78, 5) is 2.06. The lowest BCUT2D eigenvalue weighted by Crippen LogP contribution is -2.20. The van der Waals surface area contributed by atoms with Gasteiger partial charge in [-0.25, -0.2) is 0 Å². The summed E-state index contributed by atoms with van der Waals surface area (Å²) in [6.45, 7) is 7.74. The Morgan fingerprint density at radius 3 is 1.75 bits per heavy atom. The van der Waals surface area contributed by atoms with Crippen molar-refractivity contribution in [1.82, 2.24) is 4.90 Å². The number of rotatable bonds is 2. The molecule has 2 heteroatoms. The second-order valence-electron chi connectivity index (χ2n) is 1.59. The van der Waals surface area contributed by atoms with Gasteiger partial charge in [0.15, 0.2) is 0 Å². The highest BCUT2D eigenvalue weighted by Gasteiger charge is 1.79. The molecule has 0 aromatic rings. The molecule has 0 amide bonds. The van der Waals surface area contributed by atoms with Gasteiger partial charge in [0.2, 0.25) is 0 Å². The van der Waals surface area contributed by atoms with E-state index in [-0.39, 0.29) is 0 Å². The molecule has 0 aromatic carbocycles. The van der Waals surface area contributed by atoms with Crippen molar-refractivity contribution in [3.05, 3.63) is 13.2 Å². The highest BCUT2D eigenvalue weighted by molar-refractivity contribution is 4.38. The van der Waals surface area contributed by atoms with Crippen LogP contribution in [0.4, 0.5) is 0 Å². The predicted octanol–water partition coefficient (Wildman–Crippen LogP) is 0.309. The lowest BCUT2D eigenvalue weighted by Gasteiger charge is -2.03. The van der Waals surface area contributed by atoms with Crippen molar-refractivity contribution in [3.63, 3.8) is 0 Å². The van der Waals surface area contributed by atoms with E-state index in [9.17, 15) is 0 Å². The molecule has 50 valence electrons. The number of likely N-dealkylation sites (N-methyl/N-ethyl adjacent to an activating group) is 1. The van der Waals surface area contributed by atoms with Crippen molar-refractivity contribution >= 4 is 0 Å². The van der Waals surface area contributed by atoms with Crippen LogP contribution < -0.4 is 5.73 Å². The Morgan fingerprint density at radius 1 is 1.38 bits per heavy atom. The number of hydrogen-bond donors (Lipinski definition) is 1. The summed E-state index contributed by atoms with van der Waals surface area (Å²) >= 11 is 0. The zero-order valence-corrected chi connectivity index (χ0v) is 5.85. The Bertz CT molecular complexity index is 35.5. The minimum absolute atomic E-state index is 0.757. The van der Waals surface area contributed by atoms with Crippen LogP contribution in [0.25, 0.3) is 0 Å². The van der Waals surface area contributed by atoms with E-state index in [4.69, 9.17) is 5.73 Å². The molecular weight excluding hydrogens is 100 g/mol. The first-order valence-electron chi connectivity index (χ1n) is 2.62. The van der Waals surface area contributed by atoms with Crippen LogP contribution in [0.5, 0.6) is 0 Å². The van der Waals surface area contributed by atoms with E-state index in [1.165, 1.54) is 0 Å². The summed E-state index contributed by atoms with van der Waals surface area (Å²) in [5, 5.41) is 0. The van der Waals surface area contributed by atoms with Crippen LogP contribution >= 0.6 is 0 Å². The maximum absolute atomic E-state index is 5.19. The van der Waals surface area contributed by atoms with Gasteiger partial charge in [-0.2, -0.15) is 0 Å². The van der Waals surface area contributed by atoms with Crippen molar-refractivity contribution < 1.29 is 0 Å². The standard InChI is InChI=1S/C4H12N2.C2H4/c1-6(2)4-3-5;1-2/h3-5H2,1-2H3;1-2H2. The summed E-state index contributed by atoms with van der Waals surface area (Å²) in [6, 6.07) is 0. The molecular formula is C6H16N2. The first-order chi connectivity index (χ1) is 3.77. The number of nitrogens with zero attached hydrogens (tertiary/aromatic N) is 1. The van der Waals surface area contributed by atoms with Gasteiger partial charge in [0, 0.05) is 13.1 Å². The third kappa shape index (κ3) is 17.4.